The van der Waals surface area contributed by atoms with Crippen molar-refractivity contribution in [2.75, 3.05) is 24.7 Å². The first kappa shape index (κ1) is 11.1. The van der Waals surface area contributed by atoms with Crippen molar-refractivity contribution < 1.29 is 0 Å². The maximum atomic E-state index is 11.9. The number of anilines is 2. The Morgan fingerprint density at radius 1 is 1.29 bits per heavy atom. The van der Waals surface area contributed by atoms with Gasteiger partial charge in [-0.25, -0.2) is 0 Å². The third kappa shape index (κ3) is 2.10. The first-order valence-electron chi connectivity index (χ1n) is 5.07. The Labute approximate surface area is 98.1 Å². The molecule has 6 heteroatoms. The molecule has 0 radical (unpaired) electrons. The fourth-order valence-corrected chi connectivity index (χ4v) is 1.49. The molecule has 0 aliphatic carbocycles. The minimum atomic E-state index is -0.257. The number of nitrogens with zero attached hydrogens (tertiary/aromatic N) is 3. The van der Waals surface area contributed by atoms with Crippen molar-refractivity contribution in [1.29, 1.82) is 0 Å². The van der Waals surface area contributed by atoms with E-state index in [1.807, 2.05) is 0 Å². The van der Waals surface area contributed by atoms with Gasteiger partial charge >= 0.3 is 0 Å². The molecule has 2 aromatic heterocycles. The number of nitrogen functional groups attached to an aromatic ring is 1. The molecule has 88 valence electrons. The quantitative estimate of drug-likeness (QED) is 0.784. The molecule has 0 amide bonds. The minimum absolute atomic E-state index is 0.212. The van der Waals surface area contributed by atoms with Crippen LogP contribution in [-0.2, 0) is 0 Å². The van der Waals surface area contributed by atoms with Crippen molar-refractivity contribution in [2.45, 2.75) is 0 Å². The summed E-state index contributed by atoms with van der Waals surface area (Å²) in [5, 5.41) is 0. The minimum Gasteiger partial charge on any atom is -0.383 e. The lowest BCUT2D eigenvalue weighted by Crippen LogP contribution is -2.21. The molecule has 0 unspecified atom stereocenters. The lowest BCUT2D eigenvalue weighted by Gasteiger charge is -2.12. The smallest absolute Gasteiger partial charge is 0.262 e. The second kappa shape index (κ2) is 4.25. The fourth-order valence-electron chi connectivity index (χ4n) is 1.49. The number of aromatic nitrogens is 3. The van der Waals surface area contributed by atoms with Crippen molar-refractivity contribution in [3.05, 3.63) is 34.9 Å². The Kier molecular flexibility index (Phi) is 2.78. The molecule has 0 aromatic carbocycles. The van der Waals surface area contributed by atoms with Crippen molar-refractivity contribution in [3.63, 3.8) is 0 Å². The summed E-state index contributed by atoms with van der Waals surface area (Å²) in [5.41, 5.74) is 6.64. The van der Waals surface area contributed by atoms with Crippen LogP contribution >= 0.6 is 0 Å². The second-order valence-corrected chi connectivity index (χ2v) is 3.78. The highest BCUT2D eigenvalue weighted by molar-refractivity contribution is 5.73. The summed E-state index contributed by atoms with van der Waals surface area (Å²) in [6.45, 7) is 0. The molecule has 0 aliphatic heterocycles. The molecule has 2 heterocycles. The van der Waals surface area contributed by atoms with Gasteiger partial charge in [-0.15, -0.1) is 0 Å². The Bertz CT molecular complexity index is 576. The summed E-state index contributed by atoms with van der Waals surface area (Å²) in [6.07, 6.45) is 3.21. The van der Waals surface area contributed by atoms with Crippen LogP contribution in [0.1, 0.15) is 0 Å². The molecule has 0 spiro atoms. The average Bonchev–Trinajstić information content (AvgIpc) is 2.29. The summed E-state index contributed by atoms with van der Waals surface area (Å²) in [7, 11) is 3.56. The summed E-state index contributed by atoms with van der Waals surface area (Å²) in [6, 6.07) is 3.44. The van der Waals surface area contributed by atoms with Crippen LogP contribution < -0.4 is 16.2 Å². The van der Waals surface area contributed by atoms with E-state index in [2.05, 4.69) is 15.0 Å². The van der Waals surface area contributed by atoms with Crippen LogP contribution in [0.15, 0.2) is 29.3 Å². The van der Waals surface area contributed by atoms with Crippen molar-refractivity contribution >= 4 is 11.8 Å². The van der Waals surface area contributed by atoms with Gasteiger partial charge in [-0.05, 0) is 17.7 Å². The Balaban J connectivity index is 2.61. The normalized spacial score (nSPS) is 10.2. The van der Waals surface area contributed by atoms with Crippen LogP contribution in [0.25, 0.3) is 11.1 Å². The zero-order valence-electron chi connectivity index (χ0n) is 9.64. The van der Waals surface area contributed by atoms with Gasteiger partial charge in [-0.1, -0.05) is 0 Å². The van der Waals surface area contributed by atoms with E-state index in [-0.39, 0.29) is 11.4 Å². The number of aromatic amines is 1. The van der Waals surface area contributed by atoms with E-state index in [1.54, 1.807) is 43.5 Å². The number of nitrogens with two attached hydrogens (primary N) is 1. The highest BCUT2D eigenvalue weighted by Crippen LogP contribution is 2.20. The number of nitrogens with one attached hydrogen (secondary N) is 1. The molecule has 6 nitrogen and oxygen atoms in total. The van der Waals surface area contributed by atoms with Gasteiger partial charge in [0.25, 0.3) is 5.56 Å². The molecule has 17 heavy (non-hydrogen) atoms. The summed E-state index contributed by atoms with van der Waals surface area (Å²) in [4.78, 5) is 24.3. The SMILES string of the molecule is CN(C)c1nc(N)c(-c2ccncc2)c(=O)[nH]1. The van der Waals surface area contributed by atoms with Gasteiger partial charge in [0.15, 0.2) is 0 Å². The predicted octanol–water partition coefficient (Wildman–Crippen LogP) is 0.480. The second-order valence-electron chi connectivity index (χ2n) is 3.78. The van der Waals surface area contributed by atoms with Crippen LogP contribution in [0.5, 0.6) is 0 Å². The van der Waals surface area contributed by atoms with E-state index in [4.69, 9.17) is 5.73 Å². The Morgan fingerprint density at radius 3 is 2.47 bits per heavy atom. The van der Waals surface area contributed by atoms with Gasteiger partial charge in [0.2, 0.25) is 5.95 Å². The summed E-state index contributed by atoms with van der Waals surface area (Å²) >= 11 is 0. The largest absolute Gasteiger partial charge is 0.383 e. The van der Waals surface area contributed by atoms with E-state index < -0.39 is 0 Å². The highest BCUT2D eigenvalue weighted by atomic mass is 16.1. The van der Waals surface area contributed by atoms with Crippen LogP contribution in [-0.4, -0.2) is 29.0 Å². The monoisotopic (exact) mass is 231 g/mol. The van der Waals surface area contributed by atoms with Gasteiger partial charge < -0.3 is 10.6 Å². The maximum Gasteiger partial charge on any atom is 0.262 e. The van der Waals surface area contributed by atoms with Gasteiger partial charge in [-0.2, -0.15) is 4.98 Å². The average molecular weight is 231 g/mol. The number of pyridine rings is 1. The molecule has 0 aliphatic rings. The molecule has 0 atom stereocenters. The van der Waals surface area contributed by atoms with E-state index in [9.17, 15) is 4.79 Å². The highest BCUT2D eigenvalue weighted by Gasteiger charge is 2.11. The van der Waals surface area contributed by atoms with Gasteiger partial charge in [0.05, 0.1) is 5.56 Å². The van der Waals surface area contributed by atoms with Crippen molar-refractivity contribution in [2.24, 2.45) is 0 Å². The van der Waals surface area contributed by atoms with Crippen LogP contribution in [0, 0.1) is 0 Å². The number of rotatable bonds is 2. The molecule has 2 aromatic rings. The molecule has 0 fully saturated rings. The Morgan fingerprint density at radius 2 is 1.94 bits per heavy atom. The molecule has 0 bridgehead atoms. The Hall–Kier alpha value is -2.37. The standard InChI is InChI=1S/C11H13N5O/c1-16(2)11-14-9(12)8(10(17)15-11)7-3-5-13-6-4-7/h3-6H,1-2H3,(H3,12,14,15,17). The number of hydrogen-bond acceptors (Lipinski definition) is 5. The van der Waals surface area contributed by atoms with Gasteiger partial charge in [-0.3, -0.25) is 14.8 Å². The van der Waals surface area contributed by atoms with E-state index >= 15 is 0 Å². The molecular weight excluding hydrogens is 218 g/mol. The molecule has 0 saturated heterocycles. The zero-order chi connectivity index (χ0) is 12.4. The molecule has 2 rings (SSSR count). The molecule has 3 N–H and O–H groups in total. The van der Waals surface area contributed by atoms with E-state index in [0.717, 1.165) is 0 Å². The topological polar surface area (TPSA) is 87.9 Å². The van der Waals surface area contributed by atoms with Crippen LogP contribution in [0.2, 0.25) is 0 Å². The summed E-state index contributed by atoms with van der Waals surface area (Å²) in [5.74, 6) is 0.647. The lowest BCUT2D eigenvalue weighted by atomic mass is 10.1. The van der Waals surface area contributed by atoms with E-state index in [0.29, 0.717) is 17.1 Å². The zero-order valence-corrected chi connectivity index (χ0v) is 9.64. The van der Waals surface area contributed by atoms with Crippen LogP contribution in [0.3, 0.4) is 0 Å². The third-order valence-electron chi connectivity index (χ3n) is 2.33. The number of hydrogen-bond donors (Lipinski definition) is 2. The van der Waals surface area contributed by atoms with Gasteiger partial charge in [0.1, 0.15) is 5.82 Å². The number of H-pyrrole nitrogens is 1. The predicted molar refractivity (Wildman–Crippen MR) is 66.8 cm³/mol. The lowest BCUT2D eigenvalue weighted by molar-refractivity contribution is 0.987. The van der Waals surface area contributed by atoms with Crippen molar-refractivity contribution in [3.8, 4) is 11.1 Å². The first-order valence-corrected chi connectivity index (χ1v) is 5.07. The van der Waals surface area contributed by atoms with Crippen molar-refractivity contribution in [1.82, 2.24) is 15.0 Å². The fraction of sp³-hybridized carbons (Fsp3) is 0.182. The maximum absolute atomic E-state index is 11.9. The third-order valence-corrected chi connectivity index (χ3v) is 2.33. The molecular formula is C11H13N5O. The van der Waals surface area contributed by atoms with E-state index in [1.165, 1.54) is 0 Å². The summed E-state index contributed by atoms with van der Waals surface area (Å²) < 4.78 is 0. The van der Waals surface area contributed by atoms with Crippen LogP contribution in [0.4, 0.5) is 11.8 Å². The molecule has 0 saturated carbocycles. The van der Waals surface area contributed by atoms with Gasteiger partial charge in [0, 0.05) is 26.5 Å². The first-order chi connectivity index (χ1) is 8.09.